The van der Waals surface area contributed by atoms with Crippen LogP contribution in [0.1, 0.15) is 22.5 Å². The summed E-state index contributed by atoms with van der Waals surface area (Å²) in [7, 11) is 1.93. The second-order valence-electron chi connectivity index (χ2n) is 3.85. The van der Waals surface area contributed by atoms with Gasteiger partial charge in [0.15, 0.2) is 0 Å². The van der Waals surface area contributed by atoms with Crippen molar-refractivity contribution in [3.05, 3.63) is 52.8 Å². The monoisotopic (exact) mass is 211 g/mol. The smallest absolute Gasteiger partial charge is 0.0994 e. The van der Waals surface area contributed by atoms with Gasteiger partial charge < -0.3 is 0 Å². The highest BCUT2D eigenvalue weighted by Crippen LogP contribution is 2.13. The molecular formula is C13H13N3. The highest BCUT2D eigenvalue weighted by atomic mass is 15.3. The molecule has 0 amide bonds. The van der Waals surface area contributed by atoms with Gasteiger partial charge in [-0.15, -0.1) is 0 Å². The van der Waals surface area contributed by atoms with E-state index in [0.29, 0.717) is 0 Å². The van der Waals surface area contributed by atoms with Gasteiger partial charge in [0.2, 0.25) is 0 Å². The Bertz CT molecular complexity index is 547. The maximum Gasteiger partial charge on any atom is 0.0994 e. The summed E-state index contributed by atoms with van der Waals surface area (Å²) in [5, 5.41) is 13.3. The summed E-state index contributed by atoms with van der Waals surface area (Å²) in [5.74, 6) is 0. The number of rotatable bonds is 2. The second-order valence-corrected chi connectivity index (χ2v) is 3.85. The SMILES string of the molecule is Cc1cc(Cc2ccccc2C#N)n(C)n1. The van der Waals surface area contributed by atoms with E-state index in [1.165, 1.54) is 0 Å². The van der Waals surface area contributed by atoms with Crippen LogP contribution in [0, 0.1) is 18.3 Å². The van der Waals surface area contributed by atoms with Crippen LogP contribution in [0.3, 0.4) is 0 Å². The van der Waals surface area contributed by atoms with Crippen molar-refractivity contribution in [1.29, 1.82) is 5.26 Å². The van der Waals surface area contributed by atoms with Gasteiger partial charge in [0, 0.05) is 19.2 Å². The van der Waals surface area contributed by atoms with Crippen LogP contribution in [0.5, 0.6) is 0 Å². The zero-order valence-corrected chi connectivity index (χ0v) is 9.44. The van der Waals surface area contributed by atoms with E-state index in [-0.39, 0.29) is 0 Å². The van der Waals surface area contributed by atoms with Crippen LogP contribution in [0.2, 0.25) is 0 Å². The standard InChI is InChI=1S/C13H13N3/c1-10-7-13(16(2)15-10)8-11-5-3-4-6-12(11)9-14/h3-7H,8H2,1-2H3. The first kappa shape index (κ1) is 10.4. The minimum Gasteiger partial charge on any atom is -0.272 e. The first-order chi connectivity index (χ1) is 7.70. The van der Waals surface area contributed by atoms with Crippen LogP contribution in [0.15, 0.2) is 30.3 Å². The molecule has 3 nitrogen and oxygen atoms in total. The summed E-state index contributed by atoms with van der Waals surface area (Å²) in [6, 6.07) is 11.9. The number of hydrogen-bond donors (Lipinski definition) is 0. The predicted molar refractivity (Wildman–Crippen MR) is 61.9 cm³/mol. The largest absolute Gasteiger partial charge is 0.272 e. The van der Waals surface area contributed by atoms with Crippen LogP contribution in [0.25, 0.3) is 0 Å². The summed E-state index contributed by atoms with van der Waals surface area (Å²) in [6.45, 7) is 1.97. The molecule has 3 heteroatoms. The van der Waals surface area contributed by atoms with E-state index in [1.807, 2.05) is 49.0 Å². The molecule has 0 saturated carbocycles. The summed E-state index contributed by atoms with van der Waals surface area (Å²) in [4.78, 5) is 0. The van der Waals surface area contributed by atoms with Gasteiger partial charge >= 0.3 is 0 Å². The summed E-state index contributed by atoms with van der Waals surface area (Å²) >= 11 is 0. The Kier molecular flexibility index (Phi) is 2.74. The average Bonchev–Trinajstić information content (AvgIpc) is 2.58. The Morgan fingerprint density at radius 1 is 1.38 bits per heavy atom. The van der Waals surface area contributed by atoms with Crippen molar-refractivity contribution in [3.63, 3.8) is 0 Å². The third-order valence-electron chi connectivity index (χ3n) is 2.61. The quantitative estimate of drug-likeness (QED) is 0.764. The summed E-state index contributed by atoms with van der Waals surface area (Å²) in [5.41, 5.74) is 3.92. The maximum absolute atomic E-state index is 9.00. The van der Waals surface area contributed by atoms with Gasteiger partial charge in [-0.05, 0) is 24.6 Å². The fourth-order valence-corrected chi connectivity index (χ4v) is 1.81. The van der Waals surface area contributed by atoms with Crippen LogP contribution in [-0.2, 0) is 13.5 Å². The Hall–Kier alpha value is -2.08. The van der Waals surface area contributed by atoms with Gasteiger partial charge in [-0.25, -0.2) is 0 Å². The Balaban J connectivity index is 2.34. The Morgan fingerprint density at radius 2 is 2.12 bits per heavy atom. The molecule has 16 heavy (non-hydrogen) atoms. The molecule has 0 aliphatic rings. The Morgan fingerprint density at radius 3 is 2.75 bits per heavy atom. The molecule has 1 aromatic heterocycles. The fraction of sp³-hybridized carbons (Fsp3) is 0.231. The average molecular weight is 211 g/mol. The van der Waals surface area contributed by atoms with Crippen molar-refractivity contribution in [2.75, 3.05) is 0 Å². The predicted octanol–water partition coefficient (Wildman–Crippen LogP) is 2.19. The molecule has 0 radical (unpaired) electrons. The van der Waals surface area contributed by atoms with Crippen molar-refractivity contribution >= 4 is 0 Å². The van der Waals surface area contributed by atoms with Crippen LogP contribution < -0.4 is 0 Å². The molecule has 0 atom stereocenters. The normalized spacial score (nSPS) is 10.1. The number of nitriles is 1. The van der Waals surface area contributed by atoms with Gasteiger partial charge in [0.25, 0.3) is 0 Å². The van der Waals surface area contributed by atoms with E-state index in [1.54, 1.807) is 0 Å². The molecule has 0 fully saturated rings. The first-order valence-corrected chi connectivity index (χ1v) is 5.18. The third kappa shape index (κ3) is 1.96. The van der Waals surface area contributed by atoms with Gasteiger partial charge in [-0.1, -0.05) is 18.2 Å². The zero-order valence-electron chi connectivity index (χ0n) is 9.44. The van der Waals surface area contributed by atoms with Crippen molar-refractivity contribution in [2.24, 2.45) is 7.05 Å². The van der Waals surface area contributed by atoms with Crippen molar-refractivity contribution in [2.45, 2.75) is 13.3 Å². The number of benzene rings is 1. The van der Waals surface area contributed by atoms with Gasteiger partial charge in [-0.2, -0.15) is 10.4 Å². The molecule has 0 spiro atoms. The Labute approximate surface area is 94.9 Å². The molecule has 0 aliphatic heterocycles. The lowest BCUT2D eigenvalue weighted by Gasteiger charge is -2.03. The molecule has 0 aliphatic carbocycles. The molecule has 0 saturated heterocycles. The molecular weight excluding hydrogens is 198 g/mol. The fourth-order valence-electron chi connectivity index (χ4n) is 1.81. The molecule has 0 unspecified atom stereocenters. The third-order valence-corrected chi connectivity index (χ3v) is 2.61. The highest BCUT2D eigenvalue weighted by molar-refractivity contribution is 5.39. The number of hydrogen-bond acceptors (Lipinski definition) is 2. The lowest BCUT2D eigenvalue weighted by atomic mass is 10.0. The van der Waals surface area contributed by atoms with Crippen LogP contribution in [-0.4, -0.2) is 9.78 Å². The van der Waals surface area contributed by atoms with E-state index < -0.39 is 0 Å². The highest BCUT2D eigenvalue weighted by Gasteiger charge is 2.06. The van der Waals surface area contributed by atoms with Crippen molar-refractivity contribution in [1.82, 2.24) is 9.78 Å². The molecule has 1 heterocycles. The molecule has 0 N–H and O–H groups in total. The van der Waals surface area contributed by atoms with E-state index in [2.05, 4.69) is 11.2 Å². The lowest BCUT2D eigenvalue weighted by molar-refractivity contribution is 0.716. The summed E-state index contributed by atoms with van der Waals surface area (Å²) < 4.78 is 1.86. The first-order valence-electron chi connectivity index (χ1n) is 5.18. The number of aromatic nitrogens is 2. The van der Waals surface area contributed by atoms with Crippen molar-refractivity contribution in [3.8, 4) is 6.07 Å². The van der Waals surface area contributed by atoms with Gasteiger partial charge in [-0.3, -0.25) is 4.68 Å². The number of aryl methyl sites for hydroxylation is 2. The minimum atomic E-state index is 0.737. The second kappa shape index (κ2) is 4.19. The maximum atomic E-state index is 9.00. The lowest BCUT2D eigenvalue weighted by Crippen LogP contribution is -2.00. The zero-order chi connectivity index (χ0) is 11.5. The van der Waals surface area contributed by atoms with Crippen molar-refractivity contribution < 1.29 is 0 Å². The van der Waals surface area contributed by atoms with Gasteiger partial charge in [0.1, 0.15) is 0 Å². The number of nitrogens with zero attached hydrogens (tertiary/aromatic N) is 3. The topological polar surface area (TPSA) is 41.6 Å². The minimum absolute atomic E-state index is 0.737. The molecule has 1 aromatic carbocycles. The molecule has 2 rings (SSSR count). The van der Waals surface area contributed by atoms with Crippen LogP contribution >= 0.6 is 0 Å². The van der Waals surface area contributed by atoms with Gasteiger partial charge in [0.05, 0.1) is 17.3 Å². The van der Waals surface area contributed by atoms with E-state index in [4.69, 9.17) is 5.26 Å². The van der Waals surface area contributed by atoms with Crippen LogP contribution in [0.4, 0.5) is 0 Å². The molecule has 80 valence electrons. The van der Waals surface area contributed by atoms with E-state index >= 15 is 0 Å². The summed E-state index contributed by atoms with van der Waals surface area (Å²) in [6.07, 6.45) is 0.751. The van der Waals surface area contributed by atoms with E-state index in [0.717, 1.165) is 28.9 Å². The van der Waals surface area contributed by atoms with E-state index in [9.17, 15) is 0 Å². The molecule has 2 aromatic rings. The molecule has 0 bridgehead atoms.